The molecule has 0 aliphatic carbocycles. The van der Waals surface area contributed by atoms with Crippen LogP contribution >= 0.6 is 27.5 Å². The van der Waals surface area contributed by atoms with Crippen molar-refractivity contribution >= 4 is 57.2 Å². The van der Waals surface area contributed by atoms with Gasteiger partial charge >= 0.3 is 11.8 Å². The average Bonchev–Trinajstić information content (AvgIpc) is 2.78. The average molecular weight is 554 g/mol. The van der Waals surface area contributed by atoms with Crippen molar-refractivity contribution in [3.63, 3.8) is 0 Å². The van der Waals surface area contributed by atoms with Crippen LogP contribution in [0.25, 0.3) is 0 Å². The lowest BCUT2D eigenvalue weighted by Gasteiger charge is -2.14. The number of halogens is 2. The fraction of sp³-hybridized carbons (Fsp3) is 0.304. The quantitative estimate of drug-likeness (QED) is 0.234. The molecule has 0 aromatic heterocycles. The number of anilines is 1. The minimum atomic E-state index is -0.869. The Hall–Kier alpha value is -3.11. The van der Waals surface area contributed by atoms with E-state index in [-0.39, 0.29) is 18.6 Å². The second-order valence-corrected chi connectivity index (χ2v) is 8.38. The predicted molar refractivity (Wildman–Crippen MR) is 135 cm³/mol. The van der Waals surface area contributed by atoms with E-state index in [0.717, 1.165) is 0 Å². The lowest BCUT2D eigenvalue weighted by Crippen LogP contribution is -2.41. The molecule has 3 amide bonds. The molecule has 0 spiro atoms. The van der Waals surface area contributed by atoms with E-state index in [1.54, 1.807) is 50.2 Å². The highest BCUT2D eigenvalue weighted by molar-refractivity contribution is 9.10. The first-order valence-electron chi connectivity index (χ1n) is 10.5. The summed E-state index contributed by atoms with van der Waals surface area (Å²) in [5, 5.41) is 9.58. The molecular weight excluding hydrogens is 528 g/mol. The Morgan fingerprint density at radius 1 is 1.15 bits per heavy atom. The van der Waals surface area contributed by atoms with Gasteiger partial charge in [0.2, 0.25) is 0 Å². The molecule has 0 heterocycles. The molecule has 9 nitrogen and oxygen atoms in total. The zero-order valence-electron chi connectivity index (χ0n) is 19.0. The highest BCUT2D eigenvalue weighted by atomic mass is 79.9. The number of hydrogen-bond donors (Lipinski definition) is 3. The molecular formula is C23H26BrClN4O5. The van der Waals surface area contributed by atoms with E-state index in [1.807, 2.05) is 6.92 Å². The lowest BCUT2D eigenvalue weighted by atomic mass is 10.2. The summed E-state index contributed by atoms with van der Waals surface area (Å²) in [4.78, 5) is 35.9. The number of hydrazone groups is 1. The molecule has 0 fully saturated rings. The normalized spacial score (nSPS) is 11.6. The van der Waals surface area contributed by atoms with Crippen molar-refractivity contribution in [2.45, 2.75) is 33.2 Å². The van der Waals surface area contributed by atoms with E-state index in [1.165, 1.54) is 6.21 Å². The zero-order valence-corrected chi connectivity index (χ0v) is 21.3. The maximum Gasteiger partial charge on any atom is 0.329 e. The van der Waals surface area contributed by atoms with Crippen molar-refractivity contribution in [1.29, 1.82) is 0 Å². The van der Waals surface area contributed by atoms with Gasteiger partial charge in [-0.2, -0.15) is 5.10 Å². The highest BCUT2D eigenvalue weighted by Gasteiger charge is 2.16. The first-order valence-corrected chi connectivity index (χ1v) is 11.7. The molecule has 0 bridgehead atoms. The van der Waals surface area contributed by atoms with Gasteiger partial charge in [0, 0.05) is 16.8 Å². The number of ether oxygens (including phenoxy) is 2. The van der Waals surface area contributed by atoms with Gasteiger partial charge in [-0.1, -0.05) is 24.6 Å². The van der Waals surface area contributed by atoms with Crippen LogP contribution in [0.15, 0.2) is 46.0 Å². The standard InChI is InChI=1S/C23H26BrClN4O5/c1-4-14(3)27-22(31)23(32)29-26-12-15-9-18(24)21(19(10-15)33-5-2)34-13-20(30)28-17-8-6-7-16(25)11-17/h6-12,14H,4-5,13H2,1-3H3,(H,27,31)(H,28,30)(H,29,32)/b26-12-/t14-/m1/s1. The van der Waals surface area contributed by atoms with Gasteiger partial charge in [-0.25, -0.2) is 5.43 Å². The summed E-state index contributed by atoms with van der Waals surface area (Å²) in [7, 11) is 0. The minimum Gasteiger partial charge on any atom is -0.490 e. The van der Waals surface area contributed by atoms with Crippen molar-refractivity contribution in [1.82, 2.24) is 10.7 Å². The number of hydrogen-bond acceptors (Lipinski definition) is 6. The summed E-state index contributed by atoms with van der Waals surface area (Å²) in [5.41, 5.74) is 3.30. The van der Waals surface area contributed by atoms with Crippen LogP contribution in [-0.4, -0.2) is 43.2 Å². The smallest absolute Gasteiger partial charge is 0.329 e. The third kappa shape index (κ3) is 8.68. The summed E-state index contributed by atoms with van der Waals surface area (Å²) in [6.07, 6.45) is 2.06. The Labute approximate surface area is 211 Å². The van der Waals surface area contributed by atoms with Crippen molar-refractivity contribution < 1.29 is 23.9 Å². The fourth-order valence-electron chi connectivity index (χ4n) is 2.57. The molecule has 0 radical (unpaired) electrons. The molecule has 2 aromatic carbocycles. The van der Waals surface area contributed by atoms with Gasteiger partial charge in [-0.05, 0) is 72.1 Å². The summed E-state index contributed by atoms with van der Waals surface area (Å²) in [6.45, 7) is 5.59. The SMILES string of the molecule is CCOc1cc(/C=N\NC(=O)C(=O)N[C@H](C)CC)cc(Br)c1OCC(=O)Nc1cccc(Cl)c1. The Morgan fingerprint density at radius 3 is 2.59 bits per heavy atom. The zero-order chi connectivity index (χ0) is 25.1. The number of amides is 3. The van der Waals surface area contributed by atoms with Crippen LogP contribution in [0, 0.1) is 0 Å². The van der Waals surface area contributed by atoms with E-state index in [0.29, 0.717) is 45.3 Å². The van der Waals surface area contributed by atoms with Crippen LogP contribution in [0.1, 0.15) is 32.8 Å². The van der Waals surface area contributed by atoms with Crippen LogP contribution in [0.2, 0.25) is 5.02 Å². The van der Waals surface area contributed by atoms with Crippen molar-refractivity contribution in [3.8, 4) is 11.5 Å². The Kier molecular flexibility index (Phi) is 10.8. The minimum absolute atomic E-state index is 0.118. The van der Waals surface area contributed by atoms with E-state index < -0.39 is 11.8 Å². The van der Waals surface area contributed by atoms with Gasteiger partial charge < -0.3 is 20.1 Å². The summed E-state index contributed by atoms with van der Waals surface area (Å²) < 4.78 is 11.8. The molecule has 11 heteroatoms. The third-order valence-electron chi connectivity index (χ3n) is 4.36. The molecule has 2 aromatic rings. The van der Waals surface area contributed by atoms with Gasteiger partial charge in [0.05, 0.1) is 17.3 Å². The number of carbonyl (C=O) groups is 3. The molecule has 2 rings (SSSR count). The monoisotopic (exact) mass is 552 g/mol. The van der Waals surface area contributed by atoms with Gasteiger partial charge in [0.15, 0.2) is 18.1 Å². The number of nitrogens with zero attached hydrogens (tertiary/aromatic N) is 1. The first kappa shape index (κ1) is 27.1. The van der Waals surface area contributed by atoms with Gasteiger partial charge in [0.25, 0.3) is 5.91 Å². The largest absolute Gasteiger partial charge is 0.490 e. The van der Waals surface area contributed by atoms with Crippen LogP contribution in [0.5, 0.6) is 11.5 Å². The second kappa shape index (κ2) is 13.6. The second-order valence-electron chi connectivity index (χ2n) is 7.09. The molecule has 0 saturated carbocycles. The summed E-state index contributed by atoms with van der Waals surface area (Å²) in [5.74, 6) is -1.30. The molecule has 0 aliphatic rings. The van der Waals surface area contributed by atoms with Gasteiger partial charge in [-0.15, -0.1) is 0 Å². The predicted octanol–water partition coefficient (Wildman–Crippen LogP) is 3.88. The Morgan fingerprint density at radius 2 is 1.91 bits per heavy atom. The lowest BCUT2D eigenvalue weighted by molar-refractivity contribution is -0.139. The molecule has 0 aliphatic heterocycles. The molecule has 1 atom stereocenters. The maximum atomic E-state index is 12.3. The topological polar surface area (TPSA) is 118 Å². The number of carbonyl (C=O) groups excluding carboxylic acids is 3. The molecule has 0 unspecified atom stereocenters. The van der Waals surface area contributed by atoms with Crippen molar-refractivity contribution in [2.75, 3.05) is 18.5 Å². The third-order valence-corrected chi connectivity index (χ3v) is 5.19. The summed E-state index contributed by atoms with van der Waals surface area (Å²) in [6, 6.07) is 9.95. The van der Waals surface area contributed by atoms with Crippen LogP contribution in [0.4, 0.5) is 5.69 Å². The molecule has 0 saturated heterocycles. The number of rotatable bonds is 10. The van der Waals surface area contributed by atoms with Crippen molar-refractivity contribution in [2.24, 2.45) is 5.10 Å². The van der Waals surface area contributed by atoms with Gasteiger partial charge in [-0.3, -0.25) is 14.4 Å². The molecule has 34 heavy (non-hydrogen) atoms. The number of benzene rings is 2. The first-order chi connectivity index (χ1) is 16.2. The van der Waals surface area contributed by atoms with Crippen LogP contribution in [-0.2, 0) is 14.4 Å². The fourth-order valence-corrected chi connectivity index (χ4v) is 3.34. The Balaban J connectivity index is 2.04. The van der Waals surface area contributed by atoms with E-state index in [2.05, 4.69) is 37.1 Å². The molecule has 182 valence electrons. The van der Waals surface area contributed by atoms with E-state index in [9.17, 15) is 14.4 Å². The van der Waals surface area contributed by atoms with Crippen LogP contribution < -0.4 is 25.5 Å². The van der Waals surface area contributed by atoms with E-state index >= 15 is 0 Å². The van der Waals surface area contributed by atoms with E-state index in [4.69, 9.17) is 21.1 Å². The van der Waals surface area contributed by atoms with Gasteiger partial charge in [0.1, 0.15) is 0 Å². The highest BCUT2D eigenvalue weighted by Crippen LogP contribution is 2.36. The molecule has 3 N–H and O–H groups in total. The Bertz CT molecular complexity index is 1060. The van der Waals surface area contributed by atoms with Crippen LogP contribution in [0.3, 0.4) is 0 Å². The van der Waals surface area contributed by atoms with Crippen molar-refractivity contribution in [3.05, 3.63) is 51.5 Å². The number of nitrogens with one attached hydrogen (secondary N) is 3. The maximum absolute atomic E-state index is 12.3. The summed E-state index contributed by atoms with van der Waals surface area (Å²) >= 11 is 9.33.